The van der Waals surface area contributed by atoms with Gasteiger partial charge in [-0.1, -0.05) is 60.7 Å². The molecule has 138 valence electrons. The Balaban J connectivity index is 1.81. The molecule has 0 aliphatic carbocycles. The Labute approximate surface area is 158 Å². The molecule has 26 heavy (non-hydrogen) atoms. The van der Waals surface area contributed by atoms with Crippen molar-refractivity contribution < 1.29 is 9.53 Å². The maximum absolute atomic E-state index is 12.6. The highest BCUT2D eigenvalue weighted by atomic mass is 31.1. The number of nitrogens with zero attached hydrogens (tertiary/aromatic N) is 1. The zero-order chi connectivity index (χ0) is 18.6. The van der Waals surface area contributed by atoms with Crippen LogP contribution in [-0.4, -0.2) is 35.3 Å². The maximum atomic E-state index is 12.6. The summed E-state index contributed by atoms with van der Waals surface area (Å²) in [4.78, 5) is 14.6. The smallest absolute Gasteiger partial charge is 0.410 e. The molecule has 0 radical (unpaired) electrons. The van der Waals surface area contributed by atoms with Crippen molar-refractivity contribution >= 4 is 24.6 Å². The highest BCUT2D eigenvalue weighted by Gasteiger charge is 2.34. The number of rotatable bonds is 4. The molecule has 0 spiro atoms. The van der Waals surface area contributed by atoms with Gasteiger partial charge in [0.15, 0.2) is 0 Å². The van der Waals surface area contributed by atoms with Gasteiger partial charge in [0.1, 0.15) is 5.60 Å². The van der Waals surface area contributed by atoms with Crippen LogP contribution in [0.3, 0.4) is 0 Å². The number of carbonyl (C=O) groups is 1. The molecule has 0 N–H and O–H groups in total. The van der Waals surface area contributed by atoms with Crippen molar-refractivity contribution in [2.45, 2.75) is 45.3 Å². The fourth-order valence-corrected chi connectivity index (χ4v) is 5.96. The molecule has 3 nitrogen and oxygen atoms in total. The van der Waals surface area contributed by atoms with Gasteiger partial charge in [0, 0.05) is 12.6 Å². The van der Waals surface area contributed by atoms with Crippen LogP contribution in [0, 0.1) is 0 Å². The summed E-state index contributed by atoms with van der Waals surface area (Å²) in [6, 6.07) is 21.6. The van der Waals surface area contributed by atoms with E-state index in [4.69, 9.17) is 4.74 Å². The Hall–Kier alpha value is -1.86. The first-order chi connectivity index (χ1) is 12.4. The van der Waals surface area contributed by atoms with E-state index in [-0.39, 0.29) is 12.1 Å². The van der Waals surface area contributed by atoms with Crippen LogP contribution in [0.2, 0.25) is 0 Å². The highest BCUT2D eigenvalue weighted by Crippen LogP contribution is 2.38. The third-order valence-electron chi connectivity index (χ3n) is 4.53. The van der Waals surface area contributed by atoms with Crippen LogP contribution in [0.25, 0.3) is 0 Å². The van der Waals surface area contributed by atoms with Crippen LogP contribution >= 0.6 is 7.92 Å². The van der Waals surface area contributed by atoms with E-state index < -0.39 is 13.5 Å². The highest BCUT2D eigenvalue weighted by molar-refractivity contribution is 7.73. The average Bonchev–Trinajstić information content (AvgIpc) is 3.08. The molecule has 0 saturated carbocycles. The molecule has 2 aromatic rings. The summed E-state index contributed by atoms with van der Waals surface area (Å²) >= 11 is 0. The Morgan fingerprint density at radius 1 is 1.04 bits per heavy atom. The predicted molar refractivity (Wildman–Crippen MR) is 110 cm³/mol. The molecule has 1 aliphatic heterocycles. The quantitative estimate of drug-likeness (QED) is 0.742. The van der Waals surface area contributed by atoms with Crippen molar-refractivity contribution in [3.8, 4) is 0 Å². The molecular weight excluding hydrogens is 341 g/mol. The summed E-state index contributed by atoms with van der Waals surface area (Å²) in [5.74, 6) is 0. The molecule has 1 unspecified atom stereocenters. The number of carbonyl (C=O) groups excluding carboxylic acids is 1. The van der Waals surface area contributed by atoms with Gasteiger partial charge in [-0.15, -0.1) is 0 Å². The predicted octanol–water partition coefficient (Wildman–Crippen LogP) is 4.52. The lowest BCUT2D eigenvalue weighted by Crippen LogP contribution is -2.41. The van der Waals surface area contributed by atoms with Crippen molar-refractivity contribution in [3.63, 3.8) is 0 Å². The van der Waals surface area contributed by atoms with E-state index in [1.165, 1.54) is 10.6 Å². The number of hydrogen-bond donors (Lipinski definition) is 0. The summed E-state index contributed by atoms with van der Waals surface area (Å²) in [5.41, 5.74) is -0.451. The van der Waals surface area contributed by atoms with Gasteiger partial charge >= 0.3 is 6.09 Å². The summed E-state index contributed by atoms with van der Waals surface area (Å²) in [6.45, 7) is 6.58. The Morgan fingerprint density at radius 2 is 1.58 bits per heavy atom. The largest absolute Gasteiger partial charge is 0.444 e. The maximum Gasteiger partial charge on any atom is 0.410 e. The minimum absolute atomic E-state index is 0.170. The molecular formula is C22H28NO2P. The summed E-state index contributed by atoms with van der Waals surface area (Å²) in [5, 5.41) is 2.73. The molecule has 1 amide bonds. The van der Waals surface area contributed by atoms with E-state index in [1.807, 2.05) is 25.7 Å². The van der Waals surface area contributed by atoms with Gasteiger partial charge in [0.05, 0.1) is 0 Å². The molecule has 1 aliphatic rings. The van der Waals surface area contributed by atoms with E-state index in [1.54, 1.807) is 0 Å². The lowest BCUT2D eigenvalue weighted by molar-refractivity contribution is 0.0241. The van der Waals surface area contributed by atoms with E-state index in [0.717, 1.165) is 25.5 Å². The molecule has 1 heterocycles. The fraction of sp³-hybridized carbons (Fsp3) is 0.409. The second kappa shape index (κ2) is 8.22. The first kappa shape index (κ1) is 18.9. The van der Waals surface area contributed by atoms with E-state index >= 15 is 0 Å². The van der Waals surface area contributed by atoms with Crippen molar-refractivity contribution in [2.75, 3.05) is 12.7 Å². The minimum atomic E-state index is -0.496. The zero-order valence-corrected chi connectivity index (χ0v) is 16.8. The van der Waals surface area contributed by atoms with Crippen LogP contribution in [0.1, 0.15) is 33.6 Å². The monoisotopic (exact) mass is 369 g/mol. The summed E-state index contributed by atoms with van der Waals surface area (Å²) < 4.78 is 5.64. The molecule has 1 saturated heterocycles. The van der Waals surface area contributed by atoms with Gasteiger partial charge in [-0.2, -0.15) is 0 Å². The molecule has 2 aromatic carbocycles. The Bertz CT molecular complexity index is 672. The lowest BCUT2D eigenvalue weighted by atomic mass is 10.2. The van der Waals surface area contributed by atoms with Gasteiger partial charge in [-0.05, 0) is 58.3 Å². The van der Waals surface area contributed by atoms with Gasteiger partial charge in [0.25, 0.3) is 0 Å². The Morgan fingerprint density at radius 3 is 2.08 bits per heavy atom. The van der Waals surface area contributed by atoms with Crippen molar-refractivity contribution in [3.05, 3.63) is 60.7 Å². The number of amides is 1. The first-order valence-electron chi connectivity index (χ1n) is 9.31. The summed E-state index contributed by atoms with van der Waals surface area (Å²) in [6.07, 6.45) is 2.92. The van der Waals surface area contributed by atoms with Gasteiger partial charge in [-0.3, -0.25) is 0 Å². The standard InChI is InChI=1S/C22H28NO2P/c1-22(2,3)25-21(24)23-16-10-11-18(23)17-26(19-12-6-4-7-13-19)20-14-8-5-9-15-20/h4-9,12-15,18H,10-11,16-17H2,1-3H3. The zero-order valence-electron chi connectivity index (χ0n) is 15.9. The third-order valence-corrected chi connectivity index (χ3v) is 7.16. The van der Waals surface area contributed by atoms with Crippen LogP contribution in [-0.2, 0) is 4.74 Å². The second-order valence-corrected chi connectivity index (χ2v) is 10.0. The van der Waals surface area contributed by atoms with Gasteiger partial charge in [0.2, 0.25) is 0 Å². The van der Waals surface area contributed by atoms with E-state index in [2.05, 4.69) is 60.7 Å². The van der Waals surface area contributed by atoms with Crippen LogP contribution in [0.5, 0.6) is 0 Å². The average molecular weight is 369 g/mol. The second-order valence-electron chi connectivity index (χ2n) is 7.75. The minimum Gasteiger partial charge on any atom is -0.444 e. The van der Waals surface area contributed by atoms with Crippen molar-refractivity contribution in [1.82, 2.24) is 4.90 Å². The van der Waals surface area contributed by atoms with Crippen LogP contribution < -0.4 is 10.6 Å². The third kappa shape index (κ3) is 4.86. The van der Waals surface area contributed by atoms with Crippen LogP contribution in [0.4, 0.5) is 4.79 Å². The SMILES string of the molecule is CC(C)(C)OC(=O)N1CCCC1CP(c1ccccc1)c1ccccc1. The topological polar surface area (TPSA) is 29.5 Å². The van der Waals surface area contributed by atoms with E-state index in [0.29, 0.717) is 0 Å². The molecule has 0 aromatic heterocycles. The van der Waals surface area contributed by atoms with Gasteiger partial charge in [-0.25, -0.2) is 4.79 Å². The van der Waals surface area contributed by atoms with Crippen molar-refractivity contribution in [2.24, 2.45) is 0 Å². The molecule has 1 atom stereocenters. The Kier molecular flexibility index (Phi) is 5.98. The summed E-state index contributed by atoms with van der Waals surface area (Å²) in [7, 11) is -0.496. The molecule has 3 rings (SSSR count). The van der Waals surface area contributed by atoms with E-state index in [9.17, 15) is 4.79 Å². The van der Waals surface area contributed by atoms with Crippen molar-refractivity contribution in [1.29, 1.82) is 0 Å². The number of hydrogen-bond acceptors (Lipinski definition) is 2. The lowest BCUT2D eigenvalue weighted by Gasteiger charge is -2.31. The number of benzene rings is 2. The molecule has 1 fully saturated rings. The first-order valence-corrected chi connectivity index (χ1v) is 10.8. The number of likely N-dealkylation sites (tertiary alicyclic amines) is 1. The molecule has 4 heteroatoms. The number of ether oxygens (including phenoxy) is 1. The molecule has 0 bridgehead atoms. The van der Waals surface area contributed by atoms with Crippen LogP contribution in [0.15, 0.2) is 60.7 Å². The fourth-order valence-electron chi connectivity index (χ4n) is 3.37. The normalized spacial score (nSPS) is 17.5. The van der Waals surface area contributed by atoms with Gasteiger partial charge < -0.3 is 9.64 Å².